The Balaban J connectivity index is 3.20. The molecule has 0 aliphatic rings. The first kappa shape index (κ1) is 13.3. The summed E-state index contributed by atoms with van der Waals surface area (Å²) in [6.45, 7) is 0. The Morgan fingerprint density at radius 2 is 2.35 bits per heavy atom. The van der Waals surface area contributed by atoms with Crippen molar-refractivity contribution in [2.75, 3.05) is 7.11 Å². The van der Waals surface area contributed by atoms with Gasteiger partial charge in [-0.15, -0.1) is 0 Å². The molecule has 0 spiro atoms. The number of hydrogen-bond acceptors (Lipinski definition) is 4. The number of esters is 1. The quantitative estimate of drug-likeness (QED) is 0.782. The van der Waals surface area contributed by atoms with Crippen molar-refractivity contribution in [3.63, 3.8) is 0 Å². The number of carbonyl (C=O) groups excluding carboxylic acids is 1. The molecule has 1 aromatic heterocycles. The smallest absolute Gasteiger partial charge is 0.310 e. The van der Waals surface area contributed by atoms with Crippen molar-refractivity contribution in [2.45, 2.75) is 12.8 Å². The van der Waals surface area contributed by atoms with E-state index in [9.17, 15) is 13.6 Å². The van der Waals surface area contributed by atoms with Gasteiger partial charge in [-0.1, -0.05) is 11.6 Å². The Kier molecular flexibility index (Phi) is 4.35. The summed E-state index contributed by atoms with van der Waals surface area (Å²) in [7, 11) is 1.18. The Bertz CT molecular complexity index is 486. The molecule has 0 N–H and O–H groups in total. The molecule has 0 bridgehead atoms. The number of methoxy groups -OCH3 is 1. The molecule has 0 aliphatic heterocycles. The third kappa shape index (κ3) is 3.11. The monoisotopic (exact) mass is 260 g/mol. The van der Waals surface area contributed by atoms with Gasteiger partial charge in [0, 0.05) is 5.56 Å². The zero-order valence-corrected chi connectivity index (χ0v) is 9.46. The van der Waals surface area contributed by atoms with Crippen LogP contribution < -0.4 is 0 Å². The lowest BCUT2D eigenvalue weighted by atomic mass is 10.1. The minimum absolute atomic E-state index is 0.161. The fourth-order valence-electron chi connectivity index (χ4n) is 1.15. The average Bonchev–Trinajstić information content (AvgIpc) is 2.28. The molecule has 0 radical (unpaired) electrons. The van der Waals surface area contributed by atoms with Crippen LogP contribution in [0.5, 0.6) is 0 Å². The van der Waals surface area contributed by atoms with E-state index in [1.807, 2.05) is 0 Å². The number of hydrogen-bond donors (Lipinski definition) is 0. The van der Waals surface area contributed by atoms with Crippen LogP contribution in [0.2, 0.25) is 5.02 Å². The number of aromatic nitrogens is 1. The second-order valence-corrected chi connectivity index (χ2v) is 3.44. The normalized spacial score (nSPS) is 10.1. The topological polar surface area (TPSA) is 63.0 Å². The fraction of sp³-hybridized carbons (Fsp3) is 0.300. The number of alkyl halides is 2. The summed E-state index contributed by atoms with van der Waals surface area (Å²) in [5.41, 5.74) is -0.763. The first-order valence-electron chi connectivity index (χ1n) is 4.44. The van der Waals surface area contributed by atoms with Crippen molar-refractivity contribution in [1.82, 2.24) is 4.98 Å². The highest BCUT2D eigenvalue weighted by Crippen LogP contribution is 2.27. The van der Waals surface area contributed by atoms with E-state index in [1.54, 1.807) is 6.07 Å². The maximum Gasteiger partial charge on any atom is 0.310 e. The van der Waals surface area contributed by atoms with Crippen molar-refractivity contribution in [2.24, 2.45) is 0 Å². The van der Waals surface area contributed by atoms with Crippen LogP contribution in [0.15, 0.2) is 6.07 Å². The molecule has 0 aliphatic carbocycles. The zero-order chi connectivity index (χ0) is 13.0. The molecule has 0 amide bonds. The van der Waals surface area contributed by atoms with Crippen molar-refractivity contribution in [3.05, 3.63) is 28.0 Å². The average molecular weight is 261 g/mol. The van der Waals surface area contributed by atoms with Gasteiger partial charge in [-0.05, 0) is 6.07 Å². The van der Waals surface area contributed by atoms with E-state index in [1.165, 1.54) is 7.11 Å². The number of ether oxygens (including phenoxy) is 1. The van der Waals surface area contributed by atoms with E-state index in [2.05, 4.69) is 9.72 Å². The molecule has 0 unspecified atom stereocenters. The van der Waals surface area contributed by atoms with Gasteiger partial charge >= 0.3 is 5.97 Å². The second kappa shape index (κ2) is 5.55. The Morgan fingerprint density at radius 1 is 1.71 bits per heavy atom. The van der Waals surface area contributed by atoms with Crippen LogP contribution in [0.1, 0.15) is 23.4 Å². The van der Waals surface area contributed by atoms with Crippen molar-refractivity contribution < 1.29 is 18.3 Å². The first-order valence-corrected chi connectivity index (χ1v) is 4.81. The first-order chi connectivity index (χ1) is 7.99. The van der Waals surface area contributed by atoms with E-state index in [0.29, 0.717) is 0 Å². The zero-order valence-electron chi connectivity index (χ0n) is 8.71. The van der Waals surface area contributed by atoms with Gasteiger partial charge in [-0.2, -0.15) is 5.26 Å². The minimum Gasteiger partial charge on any atom is -0.469 e. The van der Waals surface area contributed by atoms with E-state index in [0.717, 1.165) is 6.07 Å². The molecule has 17 heavy (non-hydrogen) atoms. The fourth-order valence-corrected chi connectivity index (χ4v) is 1.41. The number of rotatable bonds is 3. The number of nitriles is 1. The van der Waals surface area contributed by atoms with Crippen LogP contribution in [-0.2, 0) is 16.0 Å². The number of nitrogens with zero attached hydrogens (tertiary/aromatic N) is 2. The molecule has 0 aromatic carbocycles. The highest BCUT2D eigenvalue weighted by atomic mass is 35.5. The molecular formula is C10H7ClF2N2O2. The lowest BCUT2D eigenvalue weighted by Gasteiger charge is -2.07. The van der Waals surface area contributed by atoms with Gasteiger partial charge in [0.15, 0.2) is 0 Å². The molecule has 0 saturated carbocycles. The van der Waals surface area contributed by atoms with E-state index >= 15 is 0 Å². The largest absolute Gasteiger partial charge is 0.469 e. The highest BCUT2D eigenvalue weighted by molar-refractivity contribution is 6.31. The molecule has 1 heterocycles. The predicted octanol–water partition coefficient (Wildman–Crippen LogP) is 2.26. The Morgan fingerprint density at radius 3 is 2.82 bits per heavy atom. The summed E-state index contributed by atoms with van der Waals surface area (Å²) in [6.07, 6.45) is -3.11. The molecule has 1 aromatic rings. The predicted molar refractivity (Wildman–Crippen MR) is 54.6 cm³/mol. The number of pyridine rings is 1. The summed E-state index contributed by atoms with van der Waals surface area (Å²) in [5, 5.41) is 8.47. The maximum atomic E-state index is 12.5. The Labute approximate surface area is 101 Å². The van der Waals surface area contributed by atoms with Gasteiger partial charge in [-0.3, -0.25) is 4.79 Å². The molecule has 1 rings (SSSR count). The van der Waals surface area contributed by atoms with Gasteiger partial charge in [-0.25, -0.2) is 13.8 Å². The Hall–Kier alpha value is -1.74. The number of halogens is 3. The van der Waals surface area contributed by atoms with Crippen LogP contribution in [0.3, 0.4) is 0 Å². The van der Waals surface area contributed by atoms with Crippen LogP contribution in [0, 0.1) is 11.3 Å². The minimum atomic E-state index is -2.87. The molecule has 0 fully saturated rings. The highest BCUT2D eigenvalue weighted by Gasteiger charge is 2.19. The van der Waals surface area contributed by atoms with Crippen molar-refractivity contribution >= 4 is 17.6 Å². The lowest BCUT2D eigenvalue weighted by Crippen LogP contribution is -2.08. The van der Waals surface area contributed by atoms with Gasteiger partial charge in [0.2, 0.25) is 0 Å². The summed E-state index contributed by atoms with van der Waals surface area (Å²) in [6, 6.07) is 2.77. The van der Waals surface area contributed by atoms with Crippen LogP contribution in [0.25, 0.3) is 0 Å². The van der Waals surface area contributed by atoms with E-state index in [-0.39, 0.29) is 22.7 Å². The maximum absolute atomic E-state index is 12.5. The SMILES string of the molecule is COC(=O)Cc1cc(Cl)c(C(F)F)nc1C#N. The summed E-state index contributed by atoms with van der Waals surface area (Å²) < 4.78 is 29.3. The number of carbonyl (C=O) groups is 1. The standard InChI is InChI=1S/C10H7ClF2N2O2/c1-17-8(16)3-5-2-6(11)9(10(12)13)15-7(5)4-14/h2,10H,3H2,1H3. The second-order valence-electron chi connectivity index (χ2n) is 3.03. The van der Waals surface area contributed by atoms with Crippen molar-refractivity contribution in [1.29, 1.82) is 5.26 Å². The summed E-state index contributed by atoms with van der Waals surface area (Å²) in [5.74, 6) is -0.607. The van der Waals surface area contributed by atoms with Crippen LogP contribution in [-0.4, -0.2) is 18.1 Å². The summed E-state index contributed by atoms with van der Waals surface area (Å²) >= 11 is 5.58. The van der Waals surface area contributed by atoms with Crippen LogP contribution >= 0.6 is 11.6 Å². The van der Waals surface area contributed by atoms with Gasteiger partial charge in [0.05, 0.1) is 18.6 Å². The van der Waals surface area contributed by atoms with Gasteiger partial charge < -0.3 is 4.74 Å². The summed E-state index contributed by atoms with van der Waals surface area (Å²) in [4.78, 5) is 14.5. The third-order valence-electron chi connectivity index (χ3n) is 1.96. The molecule has 90 valence electrons. The lowest BCUT2D eigenvalue weighted by molar-refractivity contribution is -0.139. The van der Waals surface area contributed by atoms with E-state index in [4.69, 9.17) is 16.9 Å². The molecule has 7 heteroatoms. The van der Waals surface area contributed by atoms with Gasteiger partial charge in [0.1, 0.15) is 17.5 Å². The molecule has 0 saturated heterocycles. The molecular weight excluding hydrogens is 254 g/mol. The van der Waals surface area contributed by atoms with Gasteiger partial charge in [0.25, 0.3) is 6.43 Å². The van der Waals surface area contributed by atoms with Crippen LogP contribution in [0.4, 0.5) is 8.78 Å². The third-order valence-corrected chi connectivity index (χ3v) is 2.26. The van der Waals surface area contributed by atoms with Crippen molar-refractivity contribution in [3.8, 4) is 6.07 Å². The van der Waals surface area contributed by atoms with E-state index < -0.39 is 18.1 Å². The molecule has 4 nitrogen and oxygen atoms in total. The molecule has 0 atom stereocenters.